The predicted octanol–water partition coefficient (Wildman–Crippen LogP) is 4.44. The second-order valence-electron chi connectivity index (χ2n) is 7.08. The second-order valence-corrected chi connectivity index (χ2v) is 8.22. The summed E-state index contributed by atoms with van der Waals surface area (Å²) in [6, 6.07) is 8.74. The molecule has 0 amide bonds. The Balaban J connectivity index is 1.37. The Labute approximate surface area is 146 Å². The van der Waals surface area contributed by atoms with Gasteiger partial charge in [-0.1, -0.05) is 18.2 Å². The van der Waals surface area contributed by atoms with E-state index in [-0.39, 0.29) is 0 Å². The van der Waals surface area contributed by atoms with Crippen molar-refractivity contribution in [2.75, 3.05) is 6.54 Å². The standard InChI is InChI=1S/C20H21N3S/c1-13-16-4-2-3-5-18(16)24-19(13)12-23-9-8-17-15(11-23)10-21-20(22-17)14-6-7-14/h2-5,10,14H,6-9,11-12H2,1H3. The Morgan fingerprint density at radius 2 is 2.12 bits per heavy atom. The molecule has 4 heteroatoms. The zero-order valence-corrected chi connectivity index (χ0v) is 14.8. The predicted molar refractivity (Wildman–Crippen MR) is 98.4 cm³/mol. The van der Waals surface area contributed by atoms with Gasteiger partial charge in [0, 0.05) is 59.0 Å². The summed E-state index contributed by atoms with van der Waals surface area (Å²) >= 11 is 1.94. The third-order valence-electron chi connectivity index (χ3n) is 5.28. The molecule has 3 nitrogen and oxygen atoms in total. The summed E-state index contributed by atoms with van der Waals surface area (Å²) in [4.78, 5) is 13.5. The van der Waals surface area contributed by atoms with E-state index in [4.69, 9.17) is 4.98 Å². The van der Waals surface area contributed by atoms with Gasteiger partial charge in [0.15, 0.2) is 0 Å². The summed E-state index contributed by atoms with van der Waals surface area (Å²) in [5.74, 6) is 1.73. The molecule has 3 aromatic rings. The maximum atomic E-state index is 4.83. The summed E-state index contributed by atoms with van der Waals surface area (Å²) in [6.45, 7) is 5.38. The average molecular weight is 335 g/mol. The fourth-order valence-electron chi connectivity index (χ4n) is 3.64. The highest BCUT2D eigenvalue weighted by Crippen LogP contribution is 2.38. The molecule has 3 heterocycles. The van der Waals surface area contributed by atoms with E-state index in [1.54, 1.807) is 0 Å². The van der Waals surface area contributed by atoms with Crippen molar-refractivity contribution in [2.24, 2.45) is 0 Å². The van der Waals surface area contributed by atoms with Crippen molar-refractivity contribution in [1.29, 1.82) is 0 Å². The molecule has 0 N–H and O–H groups in total. The molecule has 0 atom stereocenters. The first-order valence-corrected chi connectivity index (χ1v) is 9.63. The quantitative estimate of drug-likeness (QED) is 0.709. The minimum Gasteiger partial charge on any atom is -0.293 e. The molecule has 0 spiro atoms. The van der Waals surface area contributed by atoms with E-state index in [0.717, 1.165) is 31.9 Å². The minimum atomic E-state index is 0.648. The fourth-order valence-corrected chi connectivity index (χ4v) is 4.90. The van der Waals surface area contributed by atoms with Crippen molar-refractivity contribution in [1.82, 2.24) is 14.9 Å². The first-order valence-electron chi connectivity index (χ1n) is 8.82. The van der Waals surface area contributed by atoms with E-state index in [0.29, 0.717) is 5.92 Å². The Hall–Kier alpha value is -1.78. The topological polar surface area (TPSA) is 29.0 Å². The van der Waals surface area contributed by atoms with E-state index in [1.165, 1.54) is 44.6 Å². The van der Waals surface area contributed by atoms with Crippen LogP contribution in [0.5, 0.6) is 0 Å². The van der Waals surface area contributed by atoms with Crippen LogP contribution in [0, 0.1) is 6.92 Å². The van der Waals surface area contributed by atoms with E-state index >= 15 is 0 Å². The molecule has 1 aromatic carbocycles. The molecule has 0 bridgehead atoms. The lowest BCUT2D eigenvalue weighted by molar-refractivity contribution is 0.244. The number of nitrogens with zero attached hydrogens (tertiary/aromatic N) is 3. The highest BCUT2D eigenvalue weighted by Gasteiger charge is 2.28. The van der Waals surface area contributed by atoms with Crippen molar-refractivity contribution in [3.8, 4) is 0 Å². The molecule has 1 aliphatic heterocycles. The number of aryl methyl sites for hydroxylation is 1. The molecule has 2 aromatic heterocycles. The molecular formula is C20H21N3S. The van der Waals surface area contributed by atoms with Gasteiger partial charge in [0.25, 0.3) is 0 Å². The Bertz CT molecular complexity index is 910. The van der Waals surface area contributed by atoms with Crippen molar-refractivity contribution in [3.05, 3.63) is 58.0 Å². The van der Waals surface area contributed by atoms with Crippen LogP contribution >= 0.6 is 11.3 Å². The first-order chi connectivity index (χ1) is 11.8. The molecule has 0 unspecified atom stereocenters. The van der Waals surface area contributed by atoms with Crippen LogP contribution in [-0.2, 0) is 19.5 Å². The van der Waals surface area contributed by atoms with E-state index < -0.39 is 0 Å². The third-order valence-corrected chi connectivity index (χ3v) is 6.54. The summed E-state index contributed by atoms with van der Waals surface area (Å²) in [7, 11) is 0. The number of thiophene rings is 1. The van der Waals surface area contributed by atoms with Gasteiger partial charge in [-0.3, -0.25) is 4.90 Å². The number of benzene rings is 1. The molecule has 122 valence electrons. The third kappa shape index (κ3) is 2.54. The zero-order valence-electron chi connectivity index (χ0n) is 14.0. The molecule has 0 saturated heterocycles. The van der Waals surface area contributed by atoms with Crippen LogP contribution in [0.25, 0.3) is 10.1 Å². The number of hydrogen-bond acceptors (Lipinski definition) is 4. The number of rotatable bonds is 3. The molecular weight excluding hydrogens is 314 g/mol. The van der Waals surface area contributed by atoms with Crippen LogP contribution in [0.3, 0.4) is 0 Å². The van der Waals surface area contributed by atoms with E-state index in [9.17, 15) is 0 Å². The normalized spacial score (nSPS) is 18.0. The smallest absolute Gasteiger partial charge is 0.131 e. The summed E-state index contributed by atoms with van der Waals surface area (Å²) < 4.78 is 1.40. The van der Waals surface area contributed by atoms with Gasteiger partial charge in [0.05, 0.1) is 0 Å². The van der Waals surface area contributed by atoms with E-state index in [1.807, 2.05) is 11.3 Å². The Morgan fingerprint density at radius 1 is 1.25 bits per heavy atom. The van der Waals surface area contributed by atoms with Crippen LogP contribution < -0.4 is 0 Å². The highest BCUT2D eigenvalue weighted by atomic mass is 32.1. The Kier molecular flexibility index (Phi) is 3.42. The van der Waals surface area contributed by atoms with Gasteiger partial charge >= 0.3 is 0 Å². The van der Waals surface area contributed by atoms with Crippen molar-refractivity contribution >= 4 is 21.4 Å². The van der Waals surface area contributed by atoms with Gasteiger partial charge in [-0.2, -0.15) is 0 Å². The Morgan fingerprint density at radius 3 is 2.96 bits per heavy atom. The largest absolute Gasteiger partial charge is 0.293 e. The van der Waals surface area contributed by atoms with Crippen LogP contribution in [0.2, 0.25) is 0 Å². The zero-order chi connectivity index (χ0) is 16.1. The summed E-state index contributed by atoms with van der Waals surface area (Å²) in [5, 5.41) is 1.41. The maximum Gasteiger partial charge on any atom is 0.131 e. The average Bonchev–Trinajstić information content (AvgIpc) is 3.41. The minimum absolute atomic E-state index is 0.648. The molecule has 24 heavy (non-hydrogen) atoms. The maximum absolute atomic E-state index is 4.83. The lowest BCUT2D eigenvalue weighted by atomic mass is 10.1. The van der Waals surface area contributed by atoms with Crippen LogP contribution in [0.1, 0.15) is 46.3 Å². The molecule has 0 radical (unpaired) electrons. The van der Waals surface area contributed by atoms with Gasteiger partial charge in [-0.15, -0.1) is 11.3 Å². The fraction of sp³-hybridized carbons (Fsp3) is 0.400. The SMILES string of the molecule is Cc1c(CN2CCc3nc(C4CC4)ncc3C2)sc2ccccc12. The molecule has 1 aliphatic carbocycles. The van der Waals surface area contributed by atoms with Crippen LogP contribution in [0.4, 0.5) is 0 Å². The lowest BCUT2D eigenvalue weighted by Gasteiger charge is -2.27. The monoisotopic (exact) mass is 335 g/mol. The molecule has 1 fully saturated rings. The number of aromatic nitrogens is 2. The van der Waals surface area contributed by atoms with Crippen molar-refractivity contribution in [3.63, 3.8) is 0 Å². The van der Waals surface area contributed by atoms with Gasteiger partial charge in [0.1, 0.15) is 5.82 Å². The molecule has 2 aliphatic rings. The summed E-state index contributed by atoms with van der Waals surface area (Å²) in [5.41, 5.74) is 4.06. The number of hydrogen-bond donors (Lipinski definition) is 0. The summed E-state index contributed by atoms with van der Waals surface area (Å²) in [6.07, 6.45) is 5.69. The lowest BCUT2D eigenvalue weighted by Crippen LogP contribution is -2.31. The van der Waals surface area contributed by atoms with Gasteiger partial charge in [-0.05, 0) is 36.8 Å². The van der Waals surface area contributed by atoms with Gasteiger partial charge in [0.2, 0.25) is 0 Å². The number of fused-ring (bicyclic) bond motifs is 2. The first kappa shape index (κ1) is 14.6. The second kappa shape index (κ2) is 5.64. The van der Waals surface area contributed by atoms with Crippen LogP contribution in [0.15, 0.2) is 30.5 Å². The van der Waals surface area contributed by atoms with Crippen molar-refractivity contribution < 1.29 is 0 Å². The molecule has 1 saturated carbocycles. The molecule has 5 rings (SSSR count). The van der Waals surface area contributed by atoms with E-state index in [2.05, 4.69) is 47.3 Å². The highest BCUT2D eigenvalue weighted by molar-refractivity contribution is 7.19. The van der Waals surface area contributed by atoms with Gasteiger partial charge in [-0.25, -0.2) is 9.97 Å². The van der Waals surface area contributed by atoms with Crippen LogP contribution in [-0.4, -0.2) is 21.4 Å². The van der Waals surface area contributed by atoms with Gasteiger partial charge < -0.3 is 0 Å². The van der Waals surface area contributed by atoms with Crippen molar-refractivity contribution in [2.45, 2.75) is 45.2 Å².